The van der Waals surface area contributed by atoms with Crippen LogP contribution in [0.4, 0.5) is 17.5 Å². The summed E-state index contributed by atoms with van der Waals surface area (Å²) in [4.78, 5) is 7.00. The summed E-state index contributed by atoms with van der Waals surface area (Å²) in [5, 5.41) is 15.1. The second-order valence-electron chi connectivity index (χ2n) is 7.79. The minimum Gasteiger partial charge on any atom is -0.379 e. The Labute approximate surface area is 167 Å². The molecule has 2 aromatic rings. The molecule has 1 aromatic heterocycles. The third-order valence-corrected chi connectivity index (χ3v) is 5.01. The van der Waals surface area contributed by atoms with Gasteiger partial charge in [0.25, 0.3) is 0 Å². The van der Waals surface area contributed by atoms with Crippen LogP contribution in [0.3, 0.4) is 0 Å². The van der Waals surface area contributed by atoms with Gasteiger partial charge < -0.3 is 15.4 Å². The second-order valence-corrected chi connectivity index (χ2v) is 7.79. The van der Waals surface area contributed by atoms with E-state index in [1.54, 1.807) is 6.20 Å². The molecule has 1 aliphatic rings. The Hall–Kier alpha value is -2.25. The van der Waals surface area contributed by atoms with Crippen LogP contribution in [-0.2, 0) is 4.74 Å². The highest BCUT2D eigenvalue weighted by molar-refractivity contribution is 5.65. The van der Waals surface area contributed by atoms with E-state index < -0.39 is 0 Å². The van der Waals surface area contributed by atoms with Crippen LogP contribution in [0.2, 0.25) is 0 Å². The molecule has 2 heterocycles. The molecule has 7 heteroatoms. The molecule has 0 atom stereocenters. The Kier molecular flexibility index (Phi) is 7.17. The summed E-state index contributed by atoms with van der Waals surface area (Å²) in [7, 11) is 0. The molecule has 0 radical (unpaired) electrons. The molecule has 0 spiro atoms. The number of hydrogen-bond acceptors (Lipinski definition) is 7. The zero-order chi connectivity index (χ0) is 19.9. The third kappa shape index (κ3) is 5.39. The minimum atomic E-state index is 0.406. The van der Waals surface area contributed by atoms with E-state index in [0.29, 0.717) is 17.8 Å². The SMILES string of the molecule is CC(C)c1cccc(C(C)C)c1Nc1nncc(NCCN2CCOCC2)n1. The van der Waals surface area contributed by atoms with Gasteiger partial charge in [0.1, 0.15) is 0 Å². The largest absolute Gasteiger partial charge is 0.379 e. The first-order valence-electron chi connectivity index (χ1n) is 10.2. The number of para-hydroxylation sites is 1. The minimum absolute atomic E-state index is 0.406. The Morgan fingerprint density at radius 2 is 1.75 bits per heavy atom. The highest BCUT2D eigenvalue weighted by Crippen LogP contribution is 2.33. The number of anilines is 3. The molecule has 28 heavy (non-hydrogen) atoms. The number of nitrogens with zero attached hydrogens (tertiary/aromatic N) is 4. The van der Waals surface area contributed by atoms with E-state index in [0.717, 1.165) is 50.9 Å². The molecule has 1 saturated heterocycles. The van der Waals surface area contributed by atoms with E-state index in [9.17, 15) is 0 Å². The van der Waals surface area contributed by atoms with Gasteiger partial charge in [0.05, 0.1) is 19.4 Å². The maximum atomic E-state index is 5.39. The van der Waals surface area contributed by atoms with Crippen LogP contribution in [0, 0.1) is 0 Å². The van der Waals surface area contributed by atoms with Gasteiger partial charge in [0.2, 0.25) is 5.95 Å². The summed E-state index contributed by atoms with van der Waals surface area (Å²) in [6.45, 7) is 14.2. The van der Waals surface area contributed by atoms with Crippen LogP contribution in [0.1, 0.15) is 50.7 Å². The van der Waals surface area contributed by atoms with Crippen molar-refractivity contribution in [3.63, 3.8) is 0 Å². The van der Waals surface area contributed by atoms with E-state index in [-0.39, 0.29) is 0 Å². The van der Waals surface area contributed by atoms with Crippen LogP contribution < -0.4 is 10.6 Å². The van der Waals surface area contributed by atoms with Crippen molar-refractivity contribution in [3.8, 4) is 0 Å². The first kappa shape index (κ1) is 20.5. The lowest BCUT2D eigenvalue weighted by Gasteiger charge is -2.26. The number of hydrogen-bond donors (Lipinski definition) is 2. The Bertz CT molecular complexity index is 732. The van der Waals surface area contributed by atoms with Crippen molar-refractivity contribution < 1.29 is 4.74 Å². The van der Waals surface area contributed by atoms with Crippen molar-refractivity contribution in [3.05, 3.63) is 35.5 Å². The predicted octanol–water partition coefficient (Wildman–Crippen LogP) is 3.61. The van der Waals surface area contributed by atoms with Crippen molar-refractivity contribution >= 4 is 17.5 Å². The number of aromatic nitrogens is 3. The fraction of sp³-hybridized carbons (Fsp3) is 0.571. The average molecular weight is 385 g/mol. The van der Waals surface area contributed by atoms with E-state index in [1.165, 1.54) is 11.1 Å². The Morgan fingerprint density at radius 3 is 2.39 bits per heavy atom. The quantitative estimate of drug-likeness (QED) is 0.720. The van der Waals surface area contributed by atoms with Crippen LogP contribution in [0.5, 0.6) is 0 Å². The summed E-state index contributed by atoms with van der Waals surface area (Å²) in [6, 6.07) is 6.45. The van der Waals surface area contributed by atoms with E-state index in [4.69, 9.17) is 4.74 Å². The van der Waals surface area contributed by atoms with Crippen LogP contribution >= 0.6 is 0 Å². The predicted molar refractivity (Wildman–Crippen MR) is 113 cm³/mol. The third-order valence-electron chi connectivity index (χ3n) is 5.01. The van der Waals surface area contributed by atoms with E-state index in [1.807, 2.05) is 0 Å². The van der Waals surface area contributed by atoms with E-state index in [2.05, 4.69) is 76.6 Å². The first-order valence-corrected chi connectivity index (χ1v) is 10.2. The second kappa shape index (κ2) is 9.80. The van der Waals surface area contributed by atoms with Gasteiger partial charge in [-0.25, -0.2) is 0 Å². The smallest absolute Gasteiger partial charge is 0.249 e. The molecule has 2 N–H and O–H groups in total. The zero-order valence-electron chi connectivity index (χ0n) is 17.4. The van der Waals surface area contributed by atoms with Crippen molar-refractivity contribution in [1.82, 2.24) is 20.1 Å². The lowest BCUT2D eigenvalue weighted by Crippen LogP contribution is -2.39. The molecule has 152 valence electrons. The number of ether oxygens (including phenoxy) is 1. The molecule has 0 aliphatic carbocycles. The summed E-state index contributed by atoms with van der Waals surface area (Å²) in [5.41, 5.74) is 3.63. The van der Waals surface area contributed by atoms with Crippen molar-refractivity contribution in [2.24, 2.45) is 0 Å². The van der Waals surface area contributed by atoms with E-state index >= 15 is 0 Å². The Balaban J connectivity index is 1.69. The molecule has 0 bridgehead atoms. The normalized spacial score (nSPS) is 15.2. The fourth-order valence-corrected chi connectivity index (χ4v) is 3.42. The maximum Gasteiger partial charge on any atom is 0.249 e. The van der Waals surface area contributed by atoms with Crippen LogP contribution in [0.25, 0.3) is 0 Å². The molecule has 3 rings (SSSR count). The summed E-state index contributed by atoms with van der Waals surface area (Å²) in [6.07, 6.45) is 1.67. The lowest BCUT2D eigenvalue weighted by molar-refractivity contribution is 0.0398. The van der Waals surface area contributed by atoms with Gasteiger partial charge >= 0.3 is 0 Å². The lowest BCUT2D eigenvalue weighted by atomic mass is 9.93. The zero-order valence-corrected chi connectivity index (χ0v) is 17.4. The van der Waals surface area contributed by atoms with Gasteiger partial charge in [-0.3, -0.25) is 4.90 Å². The van der Waals surface area contributed by atoms with Crippen molar-refractivity contribution in [2.75, 3.05) is 50.0 Å². The van der Waals surface area contributed by atoms with Crippen LogP contribution in [0.15, 0.2) is 24.4 Å². The molecular formula is C21H32N6O. The molecule has 0 saturated carbocycles. The van der Waals surface area contributed by atoms with Crippen molar-refractivity contribution in [1.29, 1.82) is 0 Å². The summed E-state index contributed by atoms with van der Waals surface area (Å²) in [5.74, 6) is 2.07. The highest BCUT2D eigenvalue weighted by Gasteiger charge is 2.15. The molecule has 1 aromatic carbocycles. The maximum absolute atomic E-state index is 5.39. The number of rotatable bonds is 8. The van der Waals surface area contributed by atoms with Gasteiger partial charge in [-0.05, 0) is 23.0 Å². The summed E-state index contributed by atoms with van der Waals surface area (Å²) < 4.78 is 5.39. The average Bonchev–Trinajstić information content (AvgIpc) is 2.69. The fourth-order valence-electron chi connectivity index (χ4n) is 3.42. The highest BCUT2D eigenvalue weighted by atomic mass is 16.5. The standard InChI is InChI=1S/C21H32N6O/c1-15(2)17-6-5-7-18(16(3)4)20(17)25-21-24-19(14-23-26-21)22-8-9-27-10-12-28-13-11-27/h5-7,14-16H,8-13H2,1-4H3,(H2,22,24,25,26). The molecule has 1 aliphatic heterocycles. The summed E-state index contributed by atoms with van der Waals surface area (Å²) >= 11 is 0. The van der Waals surface area contributed by atoms with Gasteiger partial charge in [-0.2, -0.15) is 10.1 Å². The Morgan fingerprint density at radius 1 is 1.07 bits per heavy atom. The first-order chi connectivity index (χ1) is 13.5. The number of morpholine rings is 1. The van der Waals surface area contributed by atoms with Crippen LogP contribution in [-0.4, -0.2) is 59.5 Å². The van der Waals surface area contributed by atoms with Gasteiger partial charge in [-0.15, -0.1) is 5.10 Å². The van der Waals surface area contributed by atoms with Crippen molar-refractivity contribution in [2.45, 2.75) is 39.5 Å². The molecule has 7 nitrogen and oxygen atoms in total. The number of nitrogens with one attached hydrogen (secondary N) is 2. The molecular weight excluding hydrogens is 352 g/mol. The van der Waals surface area contributed by atoms with Gasteiger partial charge in [0.15, 0.2) is 5.82 Å². The number of benzene rings is 1. The van der Waals surface area contributed by atoms with Gasteiger partial charge in [-0.1, -0.05) is 45.9 Å². The molecule has 0 amide bonds. The molecule has 0 unspecified atom stereocenters. The molecule has 1 fully saturated rings. The topological polar surface area (TPSA) is 75.2 Å². The monoisotopic (exact) mass is 384 g/mol. The van der Waals surface area contributed by atoms with Gasteiger partial charge in [0, 0.05) is 31.9 Å².